The lowest BCUT2D eigenvalue weighted by Crippen LogP contribution is -2.45. The van der Waals surface area contributed by atoms with E-state index < -0.39 is 0 Å². The molecule has 2 atom stereocenters. The minimum atomic E-state index is 0.107. The van der Waals surface area contributed by atoms with Crippen molar-refractivity contribution in [2.45, 2.75) is 57.8 Å². The molecule has 148 valence electrons. The standard InChI is InChI=1S/C19H27ClN4O2S/c1-6-12(3)24(13(4)7-2)17(25)11-27-19-21-18(22-23-19)15-10-14(20)8-9-16(15)26-5/h8-10,12-13H,6-7,11H2,1-5H3,(H,21,22,23)/t12-,13-/m0/s1. The van der Waals surface area contributed by atoms with Crippen LogP contribution in [0.4, 0.5) is 0 Å². The molecule has 0 spiro atoms. The maximum atomic E-state index is 12.7. The summed E-state index contributed by atoms with van der Waals surface area (Å²) < 4.78 is 5.36. The summed E-state index contributed by atoms with van der Waals surface area (Å²) in [5.41, 5.74) is 0.733. The predicted molar refractivity (Wildman–Crippen MR) is 110 cm³/mol. The summed E-state index contributed by atoms with van der Waals surface area (Å²) in [4.78, 5) is 19.2. The molecule has 1 heterocycles. The highest BCUT2D eigenvalue weighted by Crippen LogP contribution is 2.31. The van der Waals surface area contributed by atoms with Gasteiger partial charge in [0.25, 0.3) is 0 Å². The zero-order valence-corrected chi connectivity index (χ0v) is 18.0. The van der Waals surface area contributed by atoms with Crippen LogP contribution < -0.4 is 4.74 Å². The molecule has 8 heteroatoms. The van der Waals surface area contributed by atoms with Gasteiger partial charge in [0.05, 0.1) is 18.4 Å². The normalized spacial score (nSPS) is 13.3. The first-order chi connectivity index (χ1) is 12.9. The number of methoxy groups -OCH3 is 1. The van der Waals surface area contributed by atoms with Crippen LogP contribution in [0.15, 0.2) is 23.4 Å². The fourth-order valence-corrected chi connectivity index (χ4v) is 3.66. The van der Waals surface area contributed by atoms with E-state index in [0.29, 0.717) is 27.5 Å². The van der Waals surface area contributed by atoms with Gasteiger partial charge in [0.2, 0.25) is 11.1 Å². The minimum Gasteiger partial charge on any atom is -0.496 e. The van der Waals surface area contributed by atoms with Gasteiger partial charge in [-0.05, 0) is 44.9 Å². The second-order valence-electron chi connectivity index (χ2n) is 6.42. The Balaban J connectivity index is 2.10. The summed E-state index contributed by atoms with van der Waals surface area (Å²) in [6.07, 6.45) is 1.86. The first kappa shape index (κ1) is 21.6. The molecule has 0 saturated heterocycles. The zero-order valence-electron chi connectivity index (χ0n) is 16.5. The zero-order chi connectivity index (χ0) is 20.0. The van der Waals surface area contributed by atoms with Crippen molar-refractivity contribution in [3.8, 4) is 17.1 Å². The molecule has 0 radical (unpaired) electrons. The van der Waals surface area contributed by atoms with Gasteiger partial charge >= 0.3 is 0 Å². The molecule has 6 nitrogen and oxygen atoms in total. The Morgan fingerprint density at radius 2 is 1.96 bits per heavy atom. The van der Waals surface area contributed by atoms with Crippen molar-refractivity contribution in [2.24, 2.45) is 0 Å². The number of amides is 1. The maximum Gasteiger partial charge on any atom is 0.233 e. The second kappa shape index (κ2) is 9.99. The van der Waals surface area contributed by atoms with Crippen LogP contribution in [0.25, 0.3) is 11.4 Å². The first-order valence-electron chi connectivity index (χ1n) is 9.11. The molecule has 1 amide bonds. The van der Waals surface area contributed by atoms with Gasteiger partial charge in [-0.15, -0.1) is 5.10 Å². The number of carbonyl (C=O) groups is 1. The molecule has 0 aliphatic heterocycles. The Hall–Kier alpha value is -1.73. The third-order valence-electron chi connectivity index (χ3n) is 4.63. The molecule has 1 aromatic heterocycles. The average Bonchev–Trinajstić information content (AvgIpc) is 3.15. The Kier molecular flexibility index (Phi) is 7.98. The number of H-pyrrole nitrogens is 1. The third kappa shape index (κ3) is 5.39. The lowest BCUT2D eigenvalue weighted by atomic mass is 10.1. The van der Waals surface area contributed by atoms with Crippen molar-refractivity contribution in [3.05, 3.63) is 23.2 Å². The molecule has 0 unspecified atom stereocenters. The van der Waals surface area contributed by atoms with Gasteiger partial charge in [0.1, 0.15) is 5.75 Å². The van der Waals surface area contributed by atoms with Crippen molar-refractivity contribution in [3.63, 3.8) is 0 Å². The van der Waals surface area contributed by atoms with Crippen LogP contribution in [-0.4, -0.2) is 50.9 Å². The summed E-state index contributed by atoms with van der Waals surface area (Å²) in [5.74, 6) is 1.63. The first-order valence-corrected chi connectivity index (χ1v) is 10.5. The highest BCUT2D eigenvalue weighted by atomic mass is 35.5. The Labute approximate surface area is 170 Å². The number of carbonyl (C=O) groups excluding carboxylic acids is 1. The van der Waals surface area contributed by atoms with Crippen LogP contribution in [0.1, 0.15) is 40.5 Å². The lowest BCUT2D eigenvalue weighted by molar-refractivity contribution is -0.132. The SMILES string of the molecule is CC[C@H](C)N(C(=O)CSc1n[nH]c(-c2cc(Cl)ccc2OC)n1)[C@@H](C)CC. The number of benzene rings is 1. The fraction of sp³-hybridized carbons (Fsp3) is 0.526. The van der Waals surface area contributed by atoms with E-state index in [1.165, 1.54) is 11.8 Å². The van der Waals surface area contributed by atoms with Crippen LogP contribution in [0.3, 0.4) is 0 Å². The van der Waals surface area contributed by atoms with Crippen molar-refractivity contribution < 1.29 is 9.53 Å². The third-order valence-corrected chi connectivity index (χ3v) is 5.69. The van der Waals surface area contributed by atoms with E-state index in [4.69, 9.17) is 16.3 Å². The summed E-state index contributed by atoms with van der Waals surface area (Å²) in [5, 5.41) is 8.22. The number of hydrogen-bond donors (Lipinski definition) is 1. The monoisotopic (exact) mass is 410 g/mol. The van der Waals surface area contributed by atoms with E-state index in [1.54, 1.807) is 25.3 Å². The van der Waals surface area contributed by atoms with Crippen molar-refractivity contribution >= 4 is 29.3 Å². The lowest BCUT2D eigenvalue weighted by Gasteiger charge is -2.33. The molecule has 0 aliphatic carbocycles. The number of aromatic nitrogens is 3. The number of nitrogens with zero attached hydrogens (tertiary/aromatic N) is 3. The number of aromatic amines is 1. The van der Waals surface area contributed by atoms with Crippen LogP contribution in [-0.2, 0) is 4.79 Å². The summed E-state index contributed by atoms with van der Waals surface area (Å²) in [6.45, 7) is 8.37. The summed E-state index contributed by atoms with van der Waals surface area (Å²) in [6, 6.07) is 5.74. The molecule has 2 rings (SSSR count). The molecule has 0 bridgehead atoms. The molecule has 1 N–H and O–H groups in total. The van der Waals surface area contributed by atoms with Gasteiger partial charge in [-0.1, -0.05) is 37.2 Å². The van der Waals surface area contributed by atoms with Gasteiger partial charge in [0, 0.05) is 17.1 Å². The van der Waals surface area contributed by atoms with Crippen LogP contribution in [0.5, 0.6) is 5.75 Å². The number of rotatable bonds is 9. The Bertz CT molecular complexity index is 758. The Morgan fingerprint density at radius 3 is 2.56 bits per heavy atom. The van der Waals surface area contributed by atoms with Crippen LogP contribution in [0.2, 0.25) is 5.02 Å². The highest BCUT2D eigenvalue weighted by molar-refractivity contribution is 7.99. The molecule has 1 aromatic carbocycles. The number of halogens is 1. The second-order valence-corrected chi connectivity index (χ2v) is 7.79. The van der Waals surface area contributed by atoms with Crippen molar-refractivity contribution in [2.75, 3.05) is 12.9 Å². The molecular weight excluding hydrogens is 384 g/mol. The van der Waals surface area contributed by atoms with E-state index in [9.17, 15) is 4.79 Å². The van der Waals surface area contributed by atoms with Gasteiger partial charge in [-0.25, -0.2) is 4.98 Å². The van der Waals surface area contributed by atoms with E-state index in [-0.39, 0.29) is 18.0 Å². The average molecular weight is 411 g/mol. The minimum absolute atomic E-state index is 0.107. The number of thioether (sulfide) groups is 1. The van der Waals surface area contributed by atoms with Crippen molar-refractivity contribution in [1.82, 2.24) is 20.1 Å². The molecule has 27 heavy (non-hydrogen) atoms. The molecule has 0 fully saturated rings. The van der Waals surface area contributed by atoms with E-state index in [2.05, 4.69) is 42.9 Å². The topological polar surface area (TPSA) is 71.1 Å². The maximum absolute atomic E-state index is 12.7. The van der Waals surface area contributed by atoms with Gasteiger partial charge in [-0.3, -0.25) is 9.89 Å². The Morgan fingerprint density at radius 1 is 1.30 bits per heavy atom. The molecule has 0 aliphatic rings. The van der Waals surface area contributed by atoms with Crippen molar-refractivity contribution in [1.29, 1.82) is 0 Å². The highest BCUT2D eigenvalue weighted by Gasteiger charge is 2.24. The summed E-state index contributed by atoms with van der Waals surface area (Å²) in [7, 11) is 1.59. The summed E-state index contributed by atoms with van der Waals surface area (Å²) >= 11 is 7.41. The number of hydrogen-bond acceptors (Lipinski definition) is 5. The molecule has 2 aromatic rings. The van der Waals surface area contributed by atoms with E-state index in [0.717, 1.165) is 18.4 Å². The number of ether oxygens (including phenoxy) is 1. The van der Waals surface area contributed by atoms with E-state index in [1.807, 2.05) is 4.90 Å². The molecule has 0 saturated carbocycles. The van der Waals surface area contributed by atoms with Gasteiger partial charge in [0.15, 0.2) is 5.82 Å². The number of nitrogens with one attached hydrogen (secondary N) is 1. The quantitative estimate of drug-likeness (QED) is 0.609. The predicted octanol–water partition coefficient (Wildman–Crippen LogP) is 4.65. The van der Waals surface area contributed by atoms with Crippen LogP contribution in [0, 0.1) is 0 Å². The smallest absolute Gasteiger partial charge is 0.233 e. The van der Waals surface area contributed by atoms with Crippen LogP contribution >= 0.6 is 23.4 Å². The van der Waals surface area contributed by atoms with Gasteiger partial charge < -0.3 is 9.64 Å². The fourth-order valence-electron chi connectivity index (χ4n) is 2.82. The van der Waals surface area contributed by atoms with Gasteiger partial charge in [-0.2, -0.15) is 0 Å². The van der Waals surface area contributed by atoms with E-state index >= 15 is 0 Å². The molecular formula is C19H27ClN4O2S. The largest absolute Gasteiger partial charge is 0.496 e.